The van der Waals surface area contributed by atoms with Gasteiger partial charge in [-0.25, -0.2) is 4.79 Å². The van der Waals surface area contributed by atoms with Gasteiger partial charge >= 0.3 is 5.69 Å². The zero-order valence-electron chi connectivity index (χ0n) is 5.51. The third kappa shape index (κ3) is 0.928. The molecule has 0 spiro atoms. The summed E-state index contributed by atoms with van der Waals surface area (Å²) in [7, 11) is 0. The van der Waals surface area contributed by atoms with Crippen molar-refractivity contribution >= 4 is 11.6 Å². The molecule has 0 unspecified atom stereocenters. The molecule has 0 atom stereocenters. The number of aromatic amines is 1. The molecule has 5 heteroatoms. The third-order valence-electron chi connectivity index (χ3n) is 1.25. The average Bonchev–Trinajstić information content (AvgIpc) is 1.82. The van der Waals surface area contributed by atoms with E-state index in [-0.39, 0.29) is 11.6 Å². The number of nitrogens with zero attached hydrogens (tertiary/aromatic N) is 1. The Balaban J connectivity index is 3.46. The average molecular weight is 140 g/mol. The number of nitrogen functional groups attached to an aromatic ring is 2. The van der Waals surface area contributed by atoms with Gasteiger partial charge in [-0.15, -0.1) is 0 Å². The number of aromatic nitrogens is 2. The molecule has 0 bridgehead atoms. The first-order valence-corrected chi connectivity index (χ1v) is 2.73. The minimum atomic E-state index is -0.513. The molecular weight excluding hydrogens is 132 g/mol. The summed E-state index contributed by atoms with van der Waals surface area (Å²) in [6.07, 6.45) is 0. The lowest BCUT2D eigenvalue weighted by atomic mass is 10.3. The molecule has 1 aromatic rings. The van der Waals surface area contributed by atoms with E-state index in [0.29, 0.717) is 5.56 Å². The summed E-state index contributed by atoms with van der Waals surface area (Å²) < 4.78 is 0. The van der Waals surface area contributed by atoms with Crippen molar-refractivity contribution in [1.29, 1.82) is 0 Å². The van der Waals surface area contributed by atoms with Gasteiger partial charge in [-0.05, 0) is 6.92 Å². The predicted molar refractivity (Wildman–Crippen MR) is 38.4 cm³/mol. The summed E-state index contributed by atoms with van der Waals surface area (Å²) in [6.45, 7) is 1.69. The number of nitrogens with two attached hydrogens (primary N) is 2. The molecule has 0 radical (unpaired) electrons. The molecule has 0 aliphatic rings. The van der Waals surface area contributed by atoms with Crippen molar-refractivity contribution < 1.29 is 0 Å². The Morgan fingerprint density at radius 2 is 2.10 bits per heavy atom. The minimum absolute atomic E-state index is 0.182. The fourth-order valence-corrected chi connectivity index (χ4v) is 0.568. The van der Waals surface area contributed by atoms with E-state index in [9.17, 15) is 4.79 Å². The van der Waals surface area contributed by atoms with Crippen LogP contribution in [-0.2, 0) is 0 Å². The van der Waals surface area contributed by atoms with Crippen LogP contribution in [0.15, 0.2) is 4.79 Å². The lowest BCUT2D eigenvalue weighted by molar-refractivity contribution is 1.07. The maximum Gasteiger partial charge on any atom is 0.348 e. The highest BCUT2D eigenvalue weighted by molar-refractivity contribution is 5.50. The van der Waals surface area contributed by atoms with E-state index in [4.69, 9.17) is 11.5 Å². The normalized spacial score (nSPS) is 9.70. The van der Waals surface area contributed by atoms with E-state index in [1.54, 1.807) is 6.92 Å². The fraction of sp³-hybridized carbons (Fsp3) is 0.200. The number of hydrogen-bond acceptors (Lipinski definition) is 4. The van der Waals surface area contributed by atoms with Crippen LogP contribution in [-0.4, -0.2) is 9.97 Å². The van der Waals surface area contributed by atoms with E-state index in [1.165, 1.54) is 0 Å². The van der Waals surface area contributed by atoms with E-state index in [2.05, 4.69) is 9.97 Å². The molecule has 0 saturated carbocycles. The van der Waals surface area contributed by atoms with E-state index < -0.39 is 5.69 Å². The maximum absolute atomic E-state index is 10.5. The zero-order chi connectivity index (χ0) is 7.72. The Morgan fingerprint density at radius 3 is 2.60 bits per heavy atom. The Hall–Kier alpha value is -1.52. The van der Waals surface area contributed by atoms with Crippen LogP contribution in [0, 0.1) is 6.92 Å². The molecule has 0 fully saturated rings. The van der Waals surface area contributed by atoms with Gasteiger partial charge in [0.1, 0.15) is 11.6 Å². The molecular formula is C5H8N4O. The predicted octanol–water partition coefficient (Wildman–Crippen LogP) is -0.757. The number of anilines is 2. The summed E-state index contributed by atoms with van der Waals surface area (Å²) in [5.74, 6) is 0.457. The highest BCUT2D eigenvalue weighted by Gasteiger charge is 1.99. The molecule has 0 amide bonds. The van der Waals surface area contributed by atoms with Crippen LogP contribution in [0.3, 0.4) is 0 Å². The second kappa shape index (κ2) is 2.02. The van der Waals surface area contributed by atoms with Gasteiger partial charge in [0.25, 0.3) is 0 Å². The van der Waals surface area contributed by atoms with Gasteiger partial charge in [0.05, 0.1) is 0 Å². The van der Waals surface area contributed by atoms with Crippen molar-refractivity contribution in [2.45, 2.75) is 6.92 Å². The van der Waals surface area contributed by atoms with Crippen LogP contribution in [0.2, 0.25) is 0 Å². The van der Waals surface area contributed by atoms with Crippen molar-refractivity contribution in [2.24, 2.45) is 0 Å². The van der Waals surface area contributed by atoms with Crippen LogP contribution in [0.5, 0.6) is 0 Å². The molecule has 5 N–H and O–H groups in total. The van der Waals surface area contributed by atoms with E-state index in [0.717, 1.165) is 0 Å². The van der Waals surface area contributed by atoms with Crippen molar-refractivity contribution in [3.63, 3.8) is 0 Å². The van der Waals surface area contributed by atoms with Gasteiger partial charge in [-0.3, -0.25) is 4.98 Å². The minimum Gasteiger partial charge on any atom is -0.385 e. The van der Waals surface area contributed by atoms with Gasteiger partial charge in [0.15, 0.2) is 0 Å². The third-order valence-corrected chi connectivity index (χ3v) is 1.25. The highest BCUT2D eigenvalue weighted by Crippen LogP contribution is 2.07. The molecule has 0 saturated heterocycles. The first-order valence-electron chi connectivity index (χ1n) is 2.73. The van der Waals surface area contributed by atoms with Crippen LogP contribution in [0.4, 0.5) is 11.6 Å². The summed E-state index contributed by atoms with van der Waals surface area (Å²) in [5.41, 5.74) is 10.8. The van der Waals surface area contributed by atoms with E-state index in [1.807, 2.05) is 0 Å². The Morgan fingerprint density at radius 1 is 1.50 bits per heavy atom. The second-order valence-corrected chi connectivity index (χ2v) is 1.97. The second-order valence-electron chi connectivity index (χ2n) is 1.97. The standard InChI is InChI=1S/C5H8N4O/c1-2-3(6)8-5(10)9-4(2)7/h1H3,(H5,6,7,8,9,10). The maximum atomic E-state index is 10.5. The number of nitrogens with one attached hydrogen (secondary N) is 1. The lowest BCUT2D eigenvalue weighted by Crippen LogP contribution is -2.16. The van der Waals surface area contributed by atoms with Gasteiger partial charge in [0.2, 0.25) is 0 Å². The number of hydrogen-bond donors (Lipinski definition) is 3. The van der Waals surface area contributed by atoms with Crippen molar-refractivity contribution in [3.8, 4) is 0 Å². The first-order chi connectivity index (χ1) is 4.61. The fourth-order valence-electron chi connectivity index (χ4n) is 0.568. The molecule has 54 valence electrons. The molecule has 5 nitrogen and oxygen atoms in total. The Kier molecular flexibility index (Phi) is 1.33. The van der Waals surface area contributed by atoms with E-state index >= 15 is 0 Å². The van der Waals surface area contributed by atoms with Crippen LogP contribution in [0.1, 0.15) is 5.56 Å². The van der Waals surface area contributed by atoms with Gasteiger partial charge in [-0.1, -0.05) is 0 Å². The van der Waals surface area contributed by atoms with Crippen LogP contribution < -0.4 is 17.2 Å². The highest BCUT2D eigenvalue weighted by atomic mass is 16.1. The SMILES string of the molecule is Cc1c(N)nc(=O)[nH]c1N. The molecule has 10 heavy (non-hydrogen) atoms. The molecule has 1 aromatic heterocycles. The number of rotatable bonds is 0. The zero-order valence-corrected chi connectivity index (χ0v) is 5.51. The van der Waals surface area contributed by atoms with Crippen molar-refractivity contribution in [1.82, 2.24) is 9.97 Å². The quantitative estimate of drug-likeness (QED) is 0.441. The number of H-pyrrole nitrogens is 1. The molecule has 0 aromatic carbocycles. The lowest BCUT2D eigenvalue weighted by Gasteiger charge is -1.99. The van der Waals surface area contributed by atoms with Crippen molar-refractivity contribution in [3.05, 3.63) is 16.0 Å². The van der Waals surface area contributed by atoms with Crippen molar-refractivity contribution in [2.75, 3.05) is 11.5 Å². The molecule has 0 aliphatic heterocycles. The smallest absolute Gasteiger partial charge is 0.348 e. The summed E-state index contributed by atoms with van der Waals surface area (Å²) in [6, 6.07) is 0. The summed E-state index contributed by atoms with van der Waals surface area (Å²) in [4.78, 5) is 16.3. The van der Waals surface area contributed by atoms with Crippen LogP contribution in [0.25, 0.3) is 0 Å². The molecule has 1 heterocycles. The topological polar surface area (TPSA) is 97.8 Å². The first kappa shape index (κ1) is 6.60. The Labute approximate surface area is 57.1 Å². The van der Waals surface area contributed by atoms with Gasteiger partial charge in [0, 0.05) is 5.56 Å². The monoisotopic (exact) mass is 140 g/mol. The molecule has 1 rings (SSSR count). The Bertz CT molecular complexity index is 277. The largest absolute Gasteiger partial charge is 0.385 e. The van der Waals surface area contributed by atoms with Gasteiger partial charge in [-0.2, -0.15) is 4.98 Å². The summed E-state index contributed by atoms with van der Waals surface area (Å²) in [5, 5.41) is 0. The molecule has 0 aliphatic carbocycles. The van der Waals surface area contributed by atoms with Crippen LogP contribution >= 0.6 is 0 Å². The summed E-state index contributed by atoms with van der Waals surface area (Å²) >= 11 is 0. The van der Waals surface area contributed by atoms with Gasteiger partial charge < -0.3 is 11.5 Å².